The van der Waals surface area contributed by atoms with Crippen LogP contribution in [-0.2, 0) is 11.8 Å². The van der Waals surface area contributed by atoms with Gasteiger partial charge in [0.15, 0.2) is 5.69 Å². The molecule has 3 heterocycles. The van der Waals surface area contributed by atoms with E-state index in [4.69, 9.17) is 27.1 Å². The fourth-order valence-electron chi connectivity index (χ4n) is 4.73. The van der Waals surface area contributed by atoms with E-state index in [2.05, 4.69) is 34.2 Å². The van der Waals surface area contributed by atoms with Gasteiger partial charge in [0, 0.05) is 31.1 Å². The van der Waals surface area contributed by atoms with Gasteiger partial charge in [-0.05, 0) is 61.3 Å². The SMILES string of the molecule is CCCCOc1nc2c(c(N)[n+]1C)NC(=O)CCN2CC1C=C(CN2CCCC2)C=C(Cl)C1. The predicted molar refractivity (Wildman–Crippen MR) is 131 cm³/mol. The number of ether oxygens (including phenoxy) is 1. The zero-order valence-electron chi connectivity index (χ0n) is 19.8. The summed E-state index contributed by atoms with van der Waals surface area (Å²) in [5, 5.41) is 3.84. The van der Waals surface area contributed by atoms with Crippen molar-refractivity contribution in [2.24, 2.45) is 13.0 Å². The minimum atomic E-state index is -0.0567. The van der Waals surface area contributed by atoms with Crippen LogP contribution in [0.1, 0.15) is 45.4 Å². The third kappa shape index (κ3) is 5.79. The maximum atomic E-state index is 12.4. The second-order valence-electron chi connectivity index (χ2n) is 9.26. The highest BCUT2D eigenvalue weighted by Crippen LogP contribution is 2.34. The van der Waals surface area contributed by atoms with E-state index in [9.17, 15) is 4.79 Å². The zero-order valence-corrected chi connectivity index (χ0v) is 20.5. The first-order valence-electron chi connectivity index (χ1n) is 12.1. The number of rotatable bonds is 8. The molecule has 1 fully saturated rings. The number of nitrogens with zero attached hydrogens (tertiary/aromatic N) is 4. The quantitative estimate of drug-likeness (QED) is 0.444. The van der Waals surface area contributed by atoms with Crippen molar-refractivity contribution in [3.05, 3.63) is 22.8 Å². The zero-order chi connectivity index (χ0) is 23.4. The number of carbonyl (C=O) groups excluding carboxylic acids is 1. The maximum Gasteiger partial charge on any atom is 0.436 e. The Hall–Kier alpha value is -2.32. The lowest BCUT2D eigenvalue weighted by molar-refractivity contribution is -0.665. The number of anilines is 3. The van der Waals surface area contributed by atoms with Crippen molar-refractivity contribution in [1.29, 1.82) is 0 Å². The largest absolute Gasteiger partial charge is 0.441 e. The summed E-state index contributed by atoms with van der Waals surface area (Å²) < 4.78 is 7.62. The molecule has 9 heteroatoms. The molecule has 0 radical (unpaired) electrons. The number of halogens is 1. The van der Waals surface area contributed by atoms with Gasteiger partial charge >= 0.3 is 6.01 Å². The van der Waals surface area contributed by atoms with Crippen molar-refractivity contribution in [3.63, 3.8) is 0 Å². The molecule has 1 amide bonds. The Morgan fingerprint density at radius 3 is 2.88 bits per heavy atom. The number of amides is 1. The fraction of sp³-hybridized carbons (Fsp3) is 0.625. The first-order valence-corrected chi connectivity index (χ1v) is 12.5. The molecule has 1 saturated heterocycles. The lowest BCUT2D eigenvalue weighted by Gasteiger charge is -2.28. The van der Waals surface area contributed by atoms with E-state index in [1.165, 1.54) is 18.4 Å². The predicted octanol–water partition coefficient (Wildman–Crippen LogP) is 2.98. The molecule has 0 bridgehead atoms. The summed E-state index contributed by atoms with van der Waals surface area (Å²) in [6.07, 6.45) is 10.1. The van der Waals surface area contributed by atoms with Crippen molar-refractivity contribution in [1.82, 2.24) is 9.88 Å². The molecule has 1 atom stereocenters. The first kappa shape index (κ1) is 23.8. The molecule has 3 N–H and O–H groups in total. The Labute approximate surface area is 201 Å². The number of hydrogen-bond acceptors (Lipinski definition) is 6. The van der Waals surface area contributed by atoms with Gasteiger partial charge in [-0.25, -0.2) is 0 Å². The van der Waals surface area contributed by atoms with Gasteiger partial charge in [0.2, 0.25) is 11.7 Å². The van der Waals surface area contributed by atoms with Crippen LogP contribution in [-0.4, -0.2) is 55.1 Å². The van der Waals surface area contributed by atoms with Crippen molar-refractivity contribution in [2.75, 3.05) is 55.3 Å². The lowest BCUT2D eigenvalue weighted by atomic mass is 9.95. The fourth-order valence-corrected chi connectivity index (χ4v) is 5.07. The molecule has 0 aromatic carbocycles. The molecule has 33 heavy (non-hydrogen) atoms. The van der Waals surface area contributed by atoms with Crippen LogP contribution in [0.2, 0.25) is 0 Å². The Bertz CT molecular complexity index is 941. The van der Waals surface area contributed by atoms with Gasteiger partial charge in [0.1, 0.15) is 0 Å². The topological polar surface area (TPSA) is 87.6 Å². The second kappa shape index (κ2) is 10.7. The number of unbranched alkanes of at least 4 members (excludes halogenated alkanes) is 1. The Balaban J connectivity index is 1.58. The van der Waals surface area contributed by atoms with E-state index in [0.717, 1.165) is 43.9 Å². The summed E-state index contributed by atoms with van der Waals surface area (Å²) in [6, 6.07) is 0.465. The number of nitrogen functional groups attached to an aromatic ring is 1. The first-order chi connectivity index (χ1) is 15.9. The van der Waals surface area contributed by atoms with Crippen molar-refractivity contribution < 1.29 is 14.1 Å². The number of aromatic nitrogens is 2. The Morgan fingerprint density at radius 2 is 2.12 bits per heavy atom. The lowest BCUT2D eigenvalue weighted by Crippen LogP contribution is -2.39. The molecule has 0 spiro atoms. The third-order valence-electron chi connectivity index (χ3n) is 6.54. The van der Waals surface area contributed by atoms with E-state index in [0.29, 0.717) is 49.5 Å². The second-order valence-corrected chi connectivity index (χ2v) is 9.75. The minimum Gasteiger partial charge on any atom is -0.441 e. The van der Waals surface area contributed by atoms with Gasteiger partial charge in [-0.2, -0.15) is 4.57 Å². The average Bonchev–Trinajstić information content (AvgIpc) is 3.23. The molecule has 1 aromatic rings. The maximum absolute atomic E-state index is 12.4. The molecule has 1 aromatic heterocycles. The van der Waals surface area contributed by atoms with Gasteiger partial charge in [-0.1, -0.05) is 31.0 Å². The molecule has 2 aliphatic heterocycles. The van der Waals surface area contributed by atoms with Crippen molar-refractivity contribution >= 4 is 34.8 Å². The van der Waals surface area contributed by atoms with Gasteiger partial charge in [-0.3, -0.25) is 9.69 Å². The number of allylic oxidation sites excluding steroid dienone is 1. The van der Waals surface area contributed by atoms with E-state index in [1.54, 1.807) is 4.57 Å². The number of likely N-dealkylation sites (tertiary alicyclic amines) is 1. The summed E-state index contributed by atoms with van der Waals surface area (Å²) in [5.74, 6) is 1.29. The van der Waals surface area contributed by atoms with E-state index in [-0.39, 0.29) is 11.8 Å². The molecule has 3 aliphatic rings. The Morgan fingerprint density at radius 1 is 1.33 bits per heavy atom. The summed E-state index contributed by atoms with van der Waals surface area (Å²) in [6.45, 7) is 7.23. The van der Waals surface area contributed by atoms with Crippen molar-refractivity contribution in [3.8, 4) is 6.01 Å². The molecular formula is C24H36ClN6O2+. The number of fused-ring (bicyclic) bond motifs is 1. The van der Waals surface area contributed by atoms with Crippen LogP contribution in [0.4, 0.5) is 17.3 Å². The van der Waals surface area contributed by atoms with Crippen molar-refractivity contribution in [2.45, 2.75) is 45.4 Å². The van der Waals surface area contributed by atoms with Crippen LogP contribution in [0.5, 0.6) is 6.01 Å². The van der Waals surface area contributed by atoms with Crippen LogP contribution < -0.4 is 25.3 Å². The number of nitrogens with one attached hydrogen (secondary N) is 1. The van der Waals surface area contributed by atoms with Crippen LogP contribution in [0.25, 0.3) is 0 Å². The van der Waals surface area contributed by atoms with Gasteiger partial charge < -0.3 is 20.7 Å². The number of hydrogen-bond donors (Lipinski definition) is 2. The molecule has 0 saturated carbocycles. The van der Waals surface area contributed by atoms with Crippen LogP contribution >= 0.6 is 11.6 Å². The van der Waals surface area contributed by atoms with Gasteiger partial charge in [-0.15, -0.1) is 0 Å². The highest BCUT2D eigenvalue weighted by molar-refractivity contribution is 6.29. The molecule has 1 unspecified atom stereocenters. The van der Waals surface area contributed by atoms with E-state index >= 15 is 0 Å². The van der Waals surface area contributed by atoms with Gasteiger partial charge in [0.05, 0.1) is 13.7 Å². The number of carbonyl (C=O) groups is 1. The molecular weight excluding hydrogens is 440 g/mol. The van der Waals surface area contributed by atoms with Crippen LogP contribution in [0.3, 0.4) is 0 Å². The monoisotopic (exact) mass is 475 g/mol. The standard InChI is InChI=1S/C24H35ClN6O2/c1-3-4-11-33-24-28-23-21(22(26)29(24)2)27-20(32)7-10-31(23)16-18-12-17(13-19(25)14-18)15-30-8-5-6-9-30/h12-13,18,26H,3-11,14-16H2,1-2H3,(H,27,32)/p+1. The summed E-state index contributed by atoms with van der Waals surface area (Å²) in [4.78, 5) is 21.9. The minimum absolute atomic E-state index is 0.0567. The Kier molecular flexibility index (Phi) is 7.75. The van der Waals surface area contributed by atoms with Crippen LogP contribution in [0.15, 0.2) is 22.8 Å². The van der Waals surface area contributed by atoms with E-state index < -0.39 is 0 Å². The summed E-state index contributed by atoms with van der Waals surface area (Å²) >= 11 is 6.56. The highest BCUT2D eigenvalue weighted by atomic mass is 35.5. The molecule has 4 rings (SSSR count). The molecule has 8 nitrogen and oxygen atoms in total. The third-order valence-corrected chi connectivity index (χ3v) is 6.80. The summed E-state index contributed by atoms with van der Waals surface area (Å²) in [5.41, 5.74) is 8.26. The smallest absolute Gasteiger partial charge is 0.436 e. The summed E-state index contributed by atoms with van der Waals surface area (Å²) in [7, 11) is 1.81. The van der Waals surface area contributed by atoms with Crippen LogP contribution in [0, 0.1) is 5.92 Å². The van der Waals surface area contributed by atoms with Gasteiger partial charge in [0.25, 0.3) is 5.82 Å². The normalized spacial score (nSPS) is 21.2. The highest BCUT2D eigenvalue weighted by Gasteiger charge is 2.32. The average molecular weight is 476 g/mol. The van der Waals surface area contributed by atoms with E-state index in [1.807, 2.05) is 7.05 Å². The molecule has 180 valence electrons. The molecule has 1 aliphatic carbocycles. The number of nitrogens with two attached hydrogens (primary N) is 1.